The van der Waals surface area contributed by atoms with Crippen molar-refractivity contribution in [2.45, 2.75) is 50.7 Å². The lowest BCUT2D eigenvalue weighted by molar-refractivity contribution is -0.121. The first-order chi connectivity index (χ1) is 51.4. The Morgan fingerprint density at radius 3 is 1.50 bits per heavy atom. The molecule has 0 radical (unpaired) electrons. The van der Waals surface area contributed by atoms with Gasteiger partial charge in [0.1, 0.15) is 41.1 Å². The minimum atomic E-state index is -4.83. The lowest BCUT2D eigenvalue weighted by atomic mass is 10.00. The van der Waals surface area contributed by atoms with Crippen molar-refractivity contribution in [3.8, 4) is 34.1 Å². The summed E-state index contributed by atoms with van der Waals surface area (Å²) in [6.07, 6.45) is 0.352. The fraction of sp³-hybridized carbons (Fsp3) is 0.208. The standard InChI is InChI=1S/C77H83ClN12O14S3/c1-9-105(83-75(94)79-66(47-52-20-13-10-14-21-52)72(91)87(2)60-33-37-62(101-5)38-34-60)82-59-27-19-26-55(46-59)44-45-90(61-35-39-63(102-6)40-36-61)74(93)68(49-54-24-17-12-18-25-54)81-77(96)86-107(99,100)89(4)70-42-28-56(50-71(70)104-8)65-51-64(103-7)41-43-69(65)88(3)73(92)67(48-53-22-15-11-16-23-53)80-76(95)85-106(97,98)84-58-31-29-57(78)30-32-58/h9-43,46,50-51,66-68,82,84H,44-45,47-49H2,1-8H3,(H2,79,83,94)(H2,80,85,95)(H2,81,86,96)/t66-,67-,68-,105?/m0/s1. The molecule has 8 N–H and O–H groups in total. The van der Waals surface area contributed by atoms with E-state index < -0.39 is 79.3 Å². The van der Waals surface area contributed by atoms with Gasteiger partial charge in [-0.05, 0) is 173 Å². The van der Waals surface area contributed by atoms with Gasteiger partial charge in [0.25, 0.3) is 0 Å². The van der Waals surface area contributed by atoms with Crippen molar-refractivity contribution in [1.82, 2.24) is 30.1 Å². The van der Waals surface area contributed by atoms with Gasteiger partial charge in [-0.15, -0.1) is 0 Å². The zero-order valence-corrected chi connectivity index (χ0v) is 63.0. The number of anilines is 6. The second-order valence-corrected chi connectivity index (χ2v) is 29.2. The lowest BCUT2D eigenvalue weighted by Gasteiger charge is -2.29. The molecule has 0 saturated carbocycles. The second-order valence-electron chi connectivity index (χ2n) is 24.1. The lowest BCUT2D eigenvalue weighted by Crippen LogP contribution is -2.55. The van der Waals surface area contributed by atoms with E-state index in [1.807, 2.05) is 59.3 Å². The highest BCUT2D eigenvalue weighted by atomic mass is 35.5. The van der Waals surface area contributed by atoms with E-state index >= 15 is 4.79 Å². The highest BCUT2D eigenvalue weighted by Gasteiger charge is 2.33. The van der Waals surface area contributed by atoms with Crippen LogP contribution in [0.25, 0.3) is 11.1 Å². The largest absolute Gasteiger partial charge is 0.497 e. The van der Waals surface area contributed by atoms with Crippen molar-refractivity contribution < 1.29 is 64.6 Å². The predicted octanol–water partition coefficient (Wildman–Crippen LogP) is 11.0. The Balaban J connectivity index is 0.903. The van der Waals surface area contributed by atoms with Crippen LogP contribution in [0.1, 0.15) is 29.2 Å². The molecule has 0 bridgehead atoms. The molecule has 0 spiro atoms. The van der Waals surface area contributed by atoms with Gasteiger partial charge in [0, 0.05) is 74.6 Å². The molecular weight excluding hydrogens is 1450 g/mol. The average molecular weight is 1530 g/mol. The number of nitrogens with zero attached hydrogens (tertiary/aromatic N) is 4. The summed E-state index contributed by atoms with van der Waals surface area (Å²) in [5.74, 6) is -0.0895. The molecule has 0 heterocycles. The predicted molar refractivity (Wildman–Crippen MR) is 421 cm³/mol. The van der Waals surface area contributed by atoms with Gasteiger partial charge in [-0.1, -0.05) is 121 Å². The topological polar surface area (TPSA) is 317 Å². The van der Waals surface area contributed by atoms with Crippen molar-refractivity contribution in [3.63, 3.8) is 0 Å². The van der Waals surface area contributed by atoms with Crippen LogP contribution in [0.5, 0.6) is 23.0 Å². The number of carbonyl (C=O) groups excluding carboxylic acids is 6. The van der Waals surface area contributed by atoms with E-state index in [2.05, 4.69) is 34.8 Å². The second kappa shape index (κ2) is 37.3. The number of benzene rings is 9. The number of likely N-dealkylation sites (N-methyl/N-ethyl adjacent to an activating group) is 2. The molecule has 9 aromatic rings. The van der Waals surface area contributed by atoms with Gasteiger partial charge >= 0.3 is 38.5 Å². The number of carbonyl (C=O) groups is 6. The van der Waals surface area contributed by atoms with E-state index in [0.29, 0.717) is 61.6 Å². The Kier molecular flexibility index (Phi) is 27.6. The summed E-state index contributed by atoms with van der Waals surface area (Å²) in [7, 11) is -0.286. The van der Waals surface area contributed by atoms with Gasteiger partial charge in [0.05, 0.1) is 45.5 Å². The fourth-order valence-corrected chi connectivity index (χ4v) is 14.0. The summed E-state index contributed by atoms with van der Waals surface area (Å²) in [5, 5.41) is 10.2. The van der Waals surface area contributed by atoms with Crippen LogP contribution in [0, 0.1) is 0 Å². The molecule has 0 saturated heterocycles. The van der Waals surface area contributed by atoms with Crippen molar-refractivity contribution in [2.75, 3.05) is 84.6 Å². The molecular formula is C77H83ClN12O14S3. The summed E-state index contributed by atoms with van der Waals surface area (Å²) in [4.78, 5) is 90.1. The number of urea groups is 3. The zero-order chi connectivity index (χ0) is 76.8. The molecule has 1 unspecified atom stereocenters. The molecule has 0 aliphatic heterocycles. The third-order valence-electron chi connectivity index (χ3n) is 16.9. The van der Waals surface area contributed by atoms with Crippen molar-refractivity contribution in [1.29, 1.82) is 0 Å². The van der Waals surface area contributed by atoms with Crippen molar-refractivity contribution in [3.05, 3.63) is 252 Å². The number of methoxy groups -OCH3 is 4. The first-order valence-electron chi connectivity index (χ1n) is 33.4. The number of hydrogen-bond acceptors (Lipinski definition) is 15. The first-order valence-corrected chi connectivity index (χ1v) is 38.0. The van der Waals surface area contributed by atoms with E-state index in [4.69, 9.17) is 30.5 Å². The van der Waals surface area contributed by atoms with Crippen LogP contribution >= 0.6 is 22.5 Å². The number of halogens is 1. The molecule has 0 aliphatic rings. The summed E-state index contributed by atoms with van der Waals surface area (Å²) >= 11 is 5.97. The third-order valence-corrected chi connectivity index (χ3v) is 20.9. The Labute approximate surface area is 630 Å². The SMILES string of the molecule is C/C=S(\NC(=O)N[C@@H](Cc1ccccc1)C(=O)N(C)c1ccc(OC)cc1)Nc1cccc(CCN(C(=O)[C@H](Cc2ccccc2)NC(=O)NS(=O)(=O)N(C)c2ccc(-c3cc(OC)ccc3N(C)C(=O)[C@H](Cc3ccccc3)NC(=O)NS(=O)(=O)Nc3ccc(Cl)cc3)cc2OC)c2ccc(OC)cc2)c1. The summed E-state index contributed by atoms with van der Waals surface area (Å²) in [6.45, 7) is 1.84. The van der Waals surface area contributed by atoms with Crippen LogP contribution in [0.2, 0.25) is 5.02 Å². The van der Waals surface area contributed by atoms with Gasteiger partial charge in [-0.2, -0.15) is 16.8 Å². The molecule has 107 heavy (non-hydrogen) atoms. The minimum absolute atomic E-state index is 0.00276. The van der Waals surface area contributed by atoms with Gasteiger partial charge in [-0.25, -0.2) is 23.8 Å². The Hall–Kier alpha value is -11.8. The highest BCUT2D eigenvalue weighted by Crippen LogP contribution is 2.40. The van der Waals surface area contributed by atoms with Gasteiger partial charge in [0.2, 0.25) is 17.7 Å². The molecule has 0 aliphatic carbocycles. The summed E-state index contributed by atoms with van der Waals surface area (Å²) < 4.78 is 90.6. The molecule has 9 aromatic carbocycles. The highest BCUT2D eigenvalue weighted by molar-refractivity contribution is 8.14. The van der Waals surface area contributed by atoms with Crippen LogP contribution in [0.4, 0.5) is 48.5 Å². The maximum Gasteiger partial charge on any atom is 0.330 e. The van der Waals surface area contributed by atoms with Crippen LogP contribution in [-0.2, 0) is 60.5 Å². The molecule has 4 atom stereocenters. The maximum atomic E-state index is 15.3. The van der Waals surface area contributed by atoms with E-state index in [-0.39, 0.29) is 60.9 Å². The first kappa shape index (κ1) is 79.3. The monoisotopic (exact) mass is 1530 g/mol. The molecule has 9 rings (SSSR count). The van der Waals surface area contributed by atoms with Gasteiger partial charge in [0.15, 0.2) is 0 Å². The number of hydrogen-bond donors (Lipinski definition) is 8. The van der Waals surface area contributed by atoms with Gasteiger partial charge in [-0.3, -0.25) is 28.1 Å². The Morgan fingerprint density at radius 2 is 0.963 bits per heavy atom. The van der Waals surface area contributed by atoms with Crippen LogP contribution in [0.15, 0.2) is 224 Å². The molecule has 26 nitrogen and oxygen atoms in total. The normalized spacial score (nSPS) is 12.3. The number of ether oxygens (including phenoxy) is 4. The minimum Gasteiger partial charge on any atom is -0.497 e. The number of nitrogens with one attached hydrogen (secondary N) is 8. The molecule has 9 amide bonds. The quantitative estimate of drug-likeness (QED) is 0.0182. The van der Waals surface area contributed by atoms with Crippen molar-refractivity contribution in [2.24, 2.45) is 0 Å². The van der Waals surface area contributed by atoms with E-state index in [9.17, 15) is 40.8 Å². The molecule has 30 heteroatoms. The molecule has 0 fully saturated rings. The summed E-state index contributed by atoms with van der Waals surface area (Å²) in [6, 6.07) is 56.5. The van der Waals surface area contributed by atoms with Crippen LogP contribution in [-0.4, -0.2) is 132 Å². The number of rotatable bonds is 32. The van der Waals surface area contributed by atoms with Gasteiger partial charge < -0.3 is 54.3 Å². The Bertz CT molecular complexity index is 4850. The zero-order valence-electron chi connectivity index (χ0n) is 59.8. The summed E-state index contributed by atoms with van der Waals surface area (Å²) in [5.41, 5.74) is 5.69. The Morgan fingerprint density at radius 1 is 0.477 bits per heavy atom. The molecule has 0 aromatic heterocycles. The van der Waals surface area contributed by atoms with E-state index in [1.54, 1.807) is 160 Å². The van der Waals surface area contributed by atoms with E-state index in [0.717, 1.165) is 15.4 Å². The maximum absolute atomic E-state index is 15.3. The molecule has 560 valence electrons. The average Bonchev–Trinajstić information content (AvgIpc) is 0.779. The van der Waals surface area contributed by atoms with Crippen LogP contribution in [0.3, 0.4) is 0 Å². The smallest absolute Gasteiger partial charge is 0.330 e. The fourth-order valence-electron chi connectivity index (χ4n) is 11.4. The van der Waals surface area contributed by atoms with Crippen LogP contribution < -0.4 is 77.5 Å². The van der Waals surface area contributed by atoms with E-state index in [1.165, 1.54) is 86.5 Å². The number of amides is 9. The third kappa shape index (κ3) is 22.1. The van der Waals surface area contributed by atoms with Crippen molar-refractivity contribution >= 4 is 118 Å².